The zero-order valence-corrected chi connectivity index (χ0v) is 17.5. The summed E-state index contributed by atoms with van der Waals surface area (Å²) in [4.78, 5) is 22.1. The van der Waals surface area contributed by atoms with Crippen LogP contribution in [0.25, 0.3) is 16.0 Å². The average molecular weight is 420 g/mol. The molecule has 1 aliphatic carbocycles. The maximum absolute atomic E-state index is 13.9. The van der Waals surface area contributed by atoms with Gasteiger partial charge in [0, 0.05) is 18.5 Å². The third-order valence-electron chi connectivity index (χ3n) is 6.31. The topological polar surface area (TPSA) is 81.7 Å². The molecule has 4 heterocycles. The molecule has 0 radical (unpaired) electrons. The van der Waals surface area contributed by atoms with Crippen molar-refractivity contribution < 1.29 is 4.79 Å². The molecule has 2 aliphatic rings. The Bertz CT molecular complexity index is 1260. The second-order valence-corrected chi connectivity index (χ2v) is 9.05. The number of hydrogen-bond donors (Lipinski definition) is 0. The van der Waals surface area contributed by atoms with Crippen molar-refractivity contribution >= 4 is 28.3 Å². The van der Waals surface area contributed by atoms with Gasteiger partial charge in [-0.15, -0.1) is 16.4 Å². The van der Waals surface area contributed by atoms with Crippen LogP contribution in [0.2, 0.25) is 0 Å². The van der Waals surface area contributed by atoms with Crippen molar-refractivity contribution in [2.24, 2.45) is 7.05 Å². The standard InChI is InChI=1S/C21H21N7OS/c1-26-15-8-3-2-7-14(15)23-19(26)16-9-5-11-27(16)20(29)18-13-6-4-10-17(13)30-21(18)28-12-22-24-25-28/h2-3,7-8,12,16H,4-6,9-11H2,1H3. The van der Waals surface area contributed by atoms with Crippen molar-refractivity contribution in [3.8, 4) is 5.00 Å². The highest BCUT2D eigenvalue weighted by Crippen LogP contribution is 2.41. The predicted octanol–water partition coefficient (Wildman–Crippen LogP) is 3.08. The largest absolute Gasteiger partial charge is 0.329 e. The first-order valence-electron chi connectivity index (χ1n) is 10.3. The fourth-order valence-corrected chi connectivity index (χ4v) is 6.21. The van der Waals surface area contributed by atoms with Crippen LogP contribution in [0.3, 0.4) is 0 Å². The number of benzene rings is 1. The summed E-state index contributed by atoms with van der Waals surface area (Å²) < 4.78 is 3.77. The molecule has 3 aromatic heterocycles. The number of rotatable bonds is 3. The van der Waals surface area contributed by atoms with Gasteiger partial charge in [0.15, 0.2) is 0 Å². The highest BCUT2D eigenvalue weighted by molar-refractivity contribution is 7.15. The molecule has 1 unspecified atom stereocenters. The molecule has 1 aromatic carbocycles. The zero-order chi connectivity index (χ0) is 20.2. The maximum Gasteiger partial charge on any atom is 0.257 e. The van der Waals surface area contributed by atoms with E-state index in [2.05, 4.69) is 26.2 Å². The second-order valence-electron chi connectivity index (χ2n) is 7.97. The molecule has 4 aromatic rings. The summed E-state index contributed by atoms with van der Waals surface area (Å²) in [5.74, 6) is 1.03. The molecule has 6 rings (SSSR count). The number of carbonyl (C=O) groups excluding carboxylic acids is 1. The highest BCUT2D eigenvalue weighted by atomic mass is 32.1. The molecular formula is C21H21N7OS. The van der Waals surface area contributed by atoms with E-state index in [4.69, 9.17) is 4.98 Å². The lowest BCUT2D eigenvalue weighted by atomic mass is 10.1. The SMILES string of the molecule is Cn1c(C2CCCN2C(=O)c2c(-n3cnnn3)sc3c2CCC3)nc2ccccc21. The zero-order valence-electron chi connectivity index (χ0n) is 16.7. The average Bonchev–Trinajstić information content (AvgIpc) is 3.55. The van der Waals surface area contributed by atoms with Crippen LogP contribution >= 0.6 is 11.3 Å². The molecule has 0 N–H and O–H groups in total. The minimum Gasteiger partial charge on any atom is -0.329 e. The van der Waals surface area contributed by atoms with Gasteiger partial charge < -0.3 is 9.47 Å². The van der Waals surface area contributed by atoms with E-state index < -0.39 is 0 Å². The summed E-state index contributed by atoms with van der Waals surface area (Å²) in [6, 6.07) is 8.12. The normalized spacial score (nSPS) is 18.4. The van der Waals surface area contributed by atoms with E-state index >= 15 is 0 Å². The molecule has 30 heavy (non-hydrogen) atoms. The first kappa shape index (κ1) is 17.8. The maximum atomic E-state index is 13.9. The number of likely N-dealkylation sites (tertiary alicyclic amines) is 1. The third kappa shape index (κ3) is 2.54. The van der Waals surface area contributed by atoms with Crippen molar-refractivity contribution in [1.29, 1.82) is 0 Å². The van der Waals surface area contributed by atoms with Gasteiger partial charge in [-0.2, -0.15) is 4.68 Å². The van der Waals surface area contributed by atoms with Crippen molar-refractivity contribution in [3.63, 3.8) is 0 Å². The molecule has 1 aliphatic heterocycles. The van der Waals surface area contributed by atoms with E-state index in [1.165, 1.54) is 10.4 Å². The van der Waals surface area contributed by atoms with Crippen LogP contribution in [-0.2, 0) is 19.9 Å². The van der Waals surface area contributed by atoms with Gasteiger partial charge in [-0.25, -0.2) is 4.98 Å². The van der Waals surface area contributed by atoms with Crippen LogP contribution in [-0.4, -0.2) is 47.1 Å². The van der Waals surface area contributed by atoms with Gasteiger partial charge in [-0.05, 0) is 60.2 Å². The van der Waals surface area contributed by atoms with E-state index in [9.17, 15) is 4.79 Å². The van der Waals surface area contributed by atoms with Gasteiger partial charge >= 0.3 is 0 Å². The minimum atomic E-state index is -0.0198. The van der Waals surface area contributed by atoms with Gasteiger partial charge in [0.2, 0.25) is 0 Å². The Morgan fingerprint density at radius 3 is 2.93 bits per heavy atom. The number of thiophene rings is 1. The minimum absolute atomic E-state index is 0.0198. The Morgan fingerprint density at radius 1 is 1.20 bits per heavy atom. The molecule has 152 valence electrons. The summed E-state index contributed by atoms with van der Waals surface area (Å²) in [7, 11) is 2.04. The Kier molecular flexibility index (Phi) is 3.98. The first-order valence-corrected chi connectivity index (χ1v) is 11.1. The quantitative estimate of drug-likeness (QED) is 0.510. The number of hydrogen-bond acceptors (Lipinski definition) is 6. The fraction of sp³-hybridized carbons (Fsp3) is 0.381. The first-order chi connectivity index (χ1) is 14.7. The van der Waals surface area contributed by atoms with Crippen molar-refractivity contribution in [1.82, 2.24) is 34.7 Å². The Morgan fingerprint density at radius 2 is 2.10 bits per heavy atom. The van der Waals surface area contributed by atoms with Gasteiger partial charge in [-0.3, -0.25) is 4.79 Å². The predicted molar refractivity (Wildman–Crippen MR) is 113 cm³/mol. The molecule has 1 saturated heterocycles. The third-order valence-corrected chi connectivity index (χ3v) is 7.59. The number of imidazole rings is 1. The molecular weight excluding hydrogens is 398 g/mol. The summed E-state index contributed by atoms with van der Waals surface area (Å²) in [5.41, 5.74) is 4.04. The van der Waals surface area contributed by atoms with E-state index in [0.717, 1.165) is 66.1 Å². The highest BCUT2D eigenvalue weighted by Gasteiger charge is 2.38. The lowest BCUT2D eigenvalue weighted by Gasteiger charge is -2.25. The smallest absolute Gasteiger partial charge is 0.257 e. The van der Waals surface area contributed by atoms with E-state index in [0.29, 0.717) is 0 Å². The van der Waals surface area contributed by atoms with Crippen LogP contribution in [0.1, 0.15) is 51.9 Å². The second kappa shape index (κ2) is 6.73. The molecule has 0 saturated carbocycles. The monoisotopic (exact) mass is 419 g/mol. The lowest BCUT2D eigenvalue weighted by molar-refractivity contribution is 0.0728. The number of aromatic nitrogens is 6. The molecule has 8 nitrogen and oxygen atoms in total. The van der Waals surface area contributed by atoms with Crippen LogP contribution < -0.4 is 0 Å². The van der Waals surface area contributed by atoms with E-state index in [1.54, 1.807) is 22.3 Å². The number of fused-ring (bicyclic) bond motifs is 2. The number of tetrazole rings is 1. The number of aryl methyl sites for hydroxylation is 2. The summed E-state index contributed by atoms with van der Waals surface area (Å²) in [6.07, 6.45) is 6.55. The Balaban J connectivity index is 1.43. The molecule has 1 amide bonds. The Labute approximate surface area is 177 Å². The number of carbonyl (C=O) groups is 1. The van der Waals surface area contributed by atoms with Crippen molar-refractivity contribution in [2.45, 2.75) is 38.1 Å². The summed E-state index contributed by atoms with van der Waals surface area (Å²) >= 11 is 1.65. The summed E-state index contributed by atoms with van der Waals surface area (Å²) in [6.45, 7) is 0.742. The van der Waals surface area contributed by atoms with Gasteiger partial charge in [0.25, 0.3) is 5.91 Å². The van der Waals surface area contributed by atoms with Crippen LogP contribution in [0.5, 0.6) is 0 Å². The molecule has 9 heteroatoms. The van der Waals surface area contributed by atoms with Gasteiger partial charge in [0.1, 0.15) is 17.2 Å². The molecule has 1 atom stereocenters. The lowest BCUT2D eigenvalue weighted by Crippen LogP contribution is -2.32. The fourth-order valence-electron chi connectivity index (χ4n) is 4.91. The number of amides is 1. The van der Waals surface area contributed by atoms with Gasteiger partial charge in [-0.1, -0.05) is 12.1 Å². The summed E-state index contributed by atoms with van der Waals surface area (Å²) in [5, 5.41) is 12.5. The number of para-hydroxylation sites is 2. The Hall–Kier alpha value is -3.07. The van der Waals surface area contributed by atoms with Crippen molar-refractivity contribution in [2.75, 3.05) is 6.54 Å². The van der Waals surface area contributed by atoms with E-state index in [-0.39, 0.29) is 11.9 Å². The van der Waals surface area contributed by atoms with Crippen LogP contribution in [0.4, 0.5) is 0 Å². The van der Waals surface area contributed by atoms with Gasteiger partial charge in [0.05, 0.1) is 22.6 Å². The molecule has 0 bridgehead atoms. The number of nitrogens with zero attached hydrogens (tertiary/aromatic N) is 7. The van der Waals surface area contributed by atoms with E-state index in [1.807, 2.05) is 30.1 Å². The van der Waals surface area contributed by atoms with Crippen molar-refractivity contribution in [3.05, 3.63) is 52.4 Å². The van der Waals surface area contributed by atoms with Crippen LogP contribution in [0, 0.1) is 0 Å². The molecule has 0 spiro atoms. The molecule has 1 fully saturated rings. The van der Waals surface area contributed by atoms with Crippen LogP contribution in [0.15, 0.2) is 30.6 Å².